The summed E-state index contributed by atoms with van der Waals surface area (Å²) in [5.41, 5.74) is 1.45. The summed E-state index contributed by atoms with van der Waals surface area (Å²) < 4.78 is 13.5. The second-order valence-corrected chi connectivity index (χ2v) is 4.96. The van der Waals surface area contributed by atoms with E-state index in [0.717, 1.165) is 11.5 Å². The minimum absolute atomic E-state index is 0.229. The number of nitrogens with one attached hydrogen (secondary N) is 2. The van der Waals surface area contributed by atoms with Gasteiger partial charge in [0.25, 0.3) is 0 Å². The van der Waals surface area contributed by atoms with Gasteiger partial charge >= 0.3 is 0 Å². The summed E-state index contributed by atoms with van der Waals surface area (Å²) in [7, 11) is 0. The fourth-order valence-corrected chi connectivity index (χ4v) is 1.83. The summed E-state index contributed by atoms with van der Waals surface area (Å²) in [6, 6.07) is 8.85. The molecule has 0 spiro atoms. The summed E-state index contributed by atoms with van der Waals surface area (Å²) in [5.74, 6) is 1.04. The van der Waals surface area contributed by atoms with E-state index in [4.69, 9.17) is 0 Å². The van der Waals surface area contributed by atoms with E-state index in [-0.39, 0.29) is 5.82 Å². The maximum Gasteiger partial charge on any atom is 0.225 e. The van der Waals surface area contributed by atoms with Crippen LogP contribution in [0.25, 0.3) is 0 Å². The van der Waals surface area contributed by atoms with Gasteiger partial charge in [-0.15, -0.1) is 0 Å². The van der Waals surface area contributed by atoms with Crippen LogP contribution >= 0.6 is 0 Å². The van der Waals surface area contributed by atoms with Crippen molar-refractivity contribution in [3.8, 4) is 0 Å². The molecule has 0 aliphatic carbocycles. The number of benzene rings is 1. The third kappa shape index (κ3) is 3.91. The monoisotopic (exact) mass is 274 g/mol. The lowest BCUT2D eigenvalue weighted by Crippen LogP contribution is -2.13. The van der Waals surface area contributed by atoms with Gasteiger partial charge in [0.05, 0.1) is 0 Å². The summed E-state index contributed by atoms with van der Waals surface area (Å²) in [6.45, 7) is 6.35. The third-order valence-corrected chi connectivity index (χ3v) is 2.69. The van der Waals surface area contributed by atoms with Crippen molar-refractivity contribution in [3.05, 3.63) is 47.4 Å². The second kappa shape index (κ2) is 6.32. The Morgan fingerprint density at radius 2 is 1.95 bits per heavy atom. The second-order valence-electron chi connectivity index (χ2n) is 4.96. The topological polar surface area (TPSA) is 49.8 Å². The molecule has 0 aliphatic heterocycles. The molecule has 5 heteroatoms. The van der Waals surface area contributed by atoms with Crippen molar-refractivity contribution < 1.29 is 4.39 Å². The highest BCUT2D eigenvalue weighted by atomic mass is 19.1. The van der Waals surface area contributed by atoms with Gasteiger partial charge in [0.15, 0.2) is 0 Å². The summed E-state index contributed by atoms with van der Waals surface area (Å²) in [5, 5.41) is 6.28. The zero-order valence-corrected chi connectivity index (χ0v) is 11.9. The molecule has 1 aromatic heterocycles. The van der Waals surface area contributed by atoms with Gasteiger partial charge in [0.1, 0.15) is 11.6 Å². The van der Waals surface area contributed by atoms with E-state index in [9.17, 15) is 4.39 Å². The molecule has 20 heavy (non-hydrogen) atoms. The van der Waals surface area contributed by atoms with E-state index >= 15 is 0 Å². The highest BCUT2D eigenvalue weighted by Crippen LogP contribution is 2.13. The quantitative estimate of drug-likeness (QED) is 0.877. The average molecular weight is 274 g/mol. The van der Waals surface area contributed by atoms with Gasteiger partial charge in [-0.3, -0.25) is 0 Å². The standard InChI is InChI=1S/C15H19FN4/c1-10(2)18-14-8-11(3)19-15(20-14)17-9-12-6-4-5-7-13(12)16/h4-8,10H,9H2,1-3H3,(H2,17,18,19,20). The van der Waals surface area contributed by atoms with Crippen molar-refractivity contribution in [1.29, 1.82) is 0 Å². The van der Waals surface area contributed by atoms with Crippen LogP contribution in [0.2, 0.25) is 0 Å². The Bertz CT molecular complexity index is 584. The fourth-order valence-electron chi connectivity index (χ4n) is 1.83. The summed E-state index contributed by atoms with van der Waals surface area (Å²) in [6.07, 6.45) is 0. The first kappa shape index (κ1) is 14.2. The molecule has 0 aliphatic rings. The van der Waals surface area contributed by atoms with Gasteiger partial charge in [-0.2, -0.15) is 4.98 Å². The first-order chi connectivity index (χ1) is 9.54. The number of anilines is 2. The van der Waals surface area contributed by atoms with Crippen molar-refractivity contribution in [1.82, 2.24) is 9.97 Å². The zero-order chi connectivity index (χ0) is 14.5. The lowest BCUT2D eigenvalue weighted by atomic mass is 10.2. The number of nitrogens with zero attached hydrogens (tertiary/aromatic N) is 2. The Morgan fingerprint density at radius 1 is 1.20 bits per heavy atom. The molecule has 2 N–H and O–H groups in total. The summed E-state index contributed by atoms with van der Waals surface area (Å²) >= 11 is 0. The molecule has 106 valence electrons. The van der Waals surface area contributed by atoms with Crippen LogP contribution in [0.3, 0.4) is 0 Å². The largest absolute Gasteiger partial charge is 0.368 e. The van der Waals surface area contributed by atoms with Crippen molar-refractivity contribution in [2.45, 2.75) is 33.4 Å². The molecule has 0 bridgehead atoms. The lowest BCUT2D eigenvalue weighted by Gasteiger charge is -2.12. The third-order valence-electron chi connectivity index (χ3n) is 2.69. The molecule has 0 amide bonds. The van der Waals surface area contributed by atoms with Crippen molar-refractivity contribution in [3.63, 3.8) is 0 Å². The molecule has 0 fully saturated rings. The van der Waals surface area contributed by atoms with Gasteiger partial charge < -0.3 is 10.6 Å². The van der Waals surface area contributed by atoms with Crippen LogP contribution < -0.4 is 10.6 Å². The predicted octanol–water partition coefficient (Wildman–Crippen LogP) is 3.36. The Hall–Kier alpha value is -2.17. The highest BCUT2D eigenvalue weighted by Gasteiger charge is 2.05. The van der Waals surface area contributed by atoms with Gasteiger partial charge in [-0.25, -0.2) is 9.37 Å². The van der Waals surface area contributed by atoms with Crippen LogP contribution in [-0.2, 0) is 6.54 Å². The van der Waals surface area contributed by atoms with Crippen molar-refractivity contribution in [2.24, 2.45) is 0 Å². The molecular weight excluding hydrogens is 255 g/mol. The molecule has 2 aromatic rings. The van der Waals surface area contributed by atoms with E-state index in [1.165, 1.54) is 6.07 Å². The minimum Gasteiger partial charge on any atom is -0.368 e. The molecule has 0 saturated heterocycles. The number of hydrogen-bond donors (Lipinski definition) is 2. The zero-order valence-electron chi connectivity index (χ0n) is 11.9. The van der Waals surface area contributed by atoms with Gasteiger partial charge in [0, 0.05) is 29.9 Å². The first-order valence-electron chi connectivity index (χ1n) is 6.64. The van der Waals surface area contributed by atoms with Gasteiger partial charge in [-0.05, 0) is 26.8 Å². The van der Waals surface area contributed by atoms with E-state index in [1.807, 2.05) is 32.9 Å². The maximum atomic E-state index is 13.5. The van der Waals surface area contributed by atoms with E-state index in [1.54, 1.807) is 12.1 Å². The normalized spacial score (nSPS) is 10.7. The van der Waals surface area contributed by atoms with E-state index < -0.39 is 0 Å². The number of aryl methyl sites for hydroxylation is 1. The average Bonchev–Trinajstić information content (AvgIpc) is 2.36. The van der Waals surface area contributed by atoms with Crippen LogP contribution in [0.4, 0.5) is 16.2 Å². The SMILES string of the molecule is Cc1cc(NC(C)C)nc(NCc2ccccc2F)n1. The van der Waals surface area contributed by atoms with Crippen molar-refractivity contribution in [2.75, 3.05) is 10.6 Å². The smallest absolute Gasteiger partial charge is 0.225 e. The number of rotatable bonds is 5. The summed E-state index contributed by atoms with van der Waals surface area (Å²) in [4.78, 5) is 8.66. The Kier molecular flexibility index (Phi) is 4.50. The molecule has 0 radical (unpaired) electrons. The van der Waals surface area contributed by atoms with E-state index in [0.29, 0.717) is 24.1 Å². The van der Waals surface area contributed by atoms with Gasteiger partial charge in [0.2, 0.25) is 5.95 Å². The fraction of sp³-hybridized carbons (Fsp3) is 0.333. The Balaban J connectivity index is 2.09. The van der Waals surface area contributed by atoms with Crippen LogP contribution in [0.15, 0.2) is 30.3 Å². The van der Waals surface area contributed by atoms with Crippen LogP contribution in [-0.4, -0.2) is 16.0 Å². The lowest BCUT2D eigenvalue weighted by molar-refractivity contribution is 0.612. The molecule has 2 rings (SSSR count). The van der Waals surface area contributed by atoms with E-state index in [2.05, 4.69) is 20.6 Å². The Labute approximate surface area is 118 Å². The molecule has 0 atom stereocenters. The molecule has 1 aromatic carbocycles. The van der Waals surface area contributed by atoms with Crippen LogP contribution in [0.1, 0.15) is 25.1 Å². The molecule has 1 heterocycles. The van der Waals surface area contributed by atoms with Crippen LogP contribution in [0, 0.1) is 12.7 Å². The van der Waals surface area contributed by atoms with Gasteiger partial charge in [-0.1, -0.05) is 18.2 Å². The number of halogens is 1. The number of aromatic nitrogens is 2. The molecular formula is C15H19FN4. The molecule has 0 unspecified atom stereocenters. The molecule has 4 nitrogen and oxygen atoms in total. The number of hydrogen-bond acceptors (Lipinski definition) is 4. The predicted molar refractivity (Wildman–Crippen MR) is 79.3 cm³/mol. The highest BCUT2D eigenvalue weighted by molar-refractivity contribution is 5.43. The van der Waals surface area contributed by atoms with Crippen molar-refractivity contribution >= 4 is 11.8 Å². The maximum absolute atomic E-state index is 13.5. The Morgan fingerprint density at radius 3 is 2.65 bits per heavy atom. The minimum atomic E-state index is -0.229. The van der Waals surface area contributed by atoms with Crippen LogP contribution in [0.5, 0.6) is 0 Å². The first-order valence-corrected chi connectivity index (χ1v) is 6.64. The molecule has 0 saturated carbocycles.